The van der Waals surface area contributed by atoms with Gasteiger partial charge in [0.1, 0.15) is 11.3 Å². The van der Waals surface area contributed by atoms with Crippen LogP contribution >= 0.6 is 0 Å². The summed E-state index contributed by atoms with van der Waals surface area (Å²) in [4.78, 5) is 4.21. The number of phenolic OH excluding ortho intramolecular Hbond substituents is 1. The Balaban J connectivity index is 2.22. The largest absolute Gasteiger partial charge is 0.508 e. The Morgan fingerprint density at radius 1 is 1.06 bits per heavy atom. The van der Waals surface area contributed by atoms with Crippen LogP contribution in [0.25, 0.3) is 16.7 Å². The summed E-state index contributed by atoms with van der Waals surface area (Å²) < 4.78 is 1.79. The average molecular weight is 211 g/mol. The van der Waals surface area contributed by atoms with Crippen LogP contribution in [0.3, 0.4) is 0 Å². The van der Waals surface area contributed by atoms with Gasteiger partial charge in [0.2, 0.25) is 0 Å². The van der Waals surface area contributed by atoms with E-state index in [1.165, 1.54) is 0 Å². The van der Waals surface area contributed by atoms with Crippen LogP contribution in [0.15, 0.2) is 48.8 Å². The highest BCUT2D eigenvalue weighted by atomic mass is 16.3. The number of pyridine rings is 1. The third-order valence-electron chi connectivity index (χ3n) is 2.43. The van der Waals surface area contributed by atoms with E-state index in [1.54, 1.807) is 29.2 Å². The smallest absolute Gasteiger partial charge is 0.115 e. The highest BCUT2D eigenvalue weighted by Gasteiger charge is 2.04. The Bertz CT molecular complexity index is 628. The second-order valence-corrected chi connectivity index (χ2v) is 3.48. The molecule has 0 aliphatic heterocycles. The quantitative estimate of drug-likeness (QED) is 0.670. The van der Waals surface area contributed by atoms with E-state index in [2.05, 4.69) is 10.1 Å². The molecule has 3 rings (SSSR count). The lowest BCUT2D eigenvalue weighted by molar-refractivity contribution is 0.475. The van der Waals surface area contributed by atoms with E-state index in [0.717, 1.165) is 16.7 Å². The van der Waals surface area contributed by atoms with Crippen molar-refractivity contribution in [1.29, 1.82) is 0 Å². The fourth-order valence-electron chi connectivity index (χ4n) is 1.66. The first-order valence-corrected chi connectivity index (χ1v) is 4.93. The summed E-state index contributed by atoms with van der Waals surface area (Å²) in [5.74, 6) is 0.248. The van der Waals surface area contributed by atoms with Crippen LogP contribution in [0, 0.1) is 0 Å². The summed E-state index contributed by atoms with van der Waals surface area (Å²) in [5, 5.41) is 13.5. The van der Waals surface area contributed by atoms with Gasteiger partial charge in [-0.1, -0.05) is 0 Å². The van der Waals surface area contributed by atoms with Crippen molar-refractivity contribution in [2.75, 3.05) is 0 Å². The molecule has 2 heterocycles. The molecule has 0 spiro atoms. The number of aromatic hydroxyl groups is 1. The number of fused-ring (bicyclic) bond motifs is 1. The highest BCUT2D eigenvalue weighted by Crippen LogP contribution is 2.18. The average Bonchev–Trinajstić information content (AvgIpc) is 2.74. The van der Waals surface area contributed by atoms with Gasteiger partial charge in [0.05, 0.1) is 17.4 Å². The summed E-state index contributed by atoms with van der Waals surface area (Å²) in [6.07, 6.45) is 3.47. The zero-order chi connectivity index (χ0) is 11.0. The highest BCUT2D eigenvalue weighted by molar-refractivity contribution is 5.75. The van der Waals surface area contributed by atoms with Crippen molar-refractivity contribution in [3.8, 4) is 11.4 Å². The van der Waals surface area contributed by atoms with Gasteiger partial charge in [-0.25, -0.2) is 4.68 Å². The van der Waals surface area contributed by atoms with Crippen LogP contribution in [0.2, 0.25) is 0 Å². The molecule has 1 aromatic carbocycles. The Labute approximate surface area is 91.8 Å². The SMILES string of the molecule is Oc1ccc(-n2ncc3ncccc32)cc1. The molecule has 0 amide bonds. The Morgan fingerprint density at radius 2 is 1.88 bits per heavy atom. The zero-order valence-electron chi connectivity index (χ0n) is 8.41. The standard InChI is InChI=1S/C12H9N3O/c16-10-5-3-9(4-6-10)15-12-2-1-7-13-11(12)8-14-15/h1-8,16H. The Morgan fingerprint density at radius 3 is 2.69 bits per heavy atom. The molecule has 4 nitrogen and oxygen atoms in total. The molecule has 4 heteroatoms. The lowest BCUT2D eigenvalue weighted by Crippen LogP contribution is -1.94. The first kappa shape index (κ1) is 8.91. The normalized spacial score (nSPS) is 10.8. The van der Waals surface area contributed by atoms with Gasteiger partial charge in [0.25, 0.3) is 0 Å². The minimum absolute atomic E-state index is 0.248. The summed E-state index contributed by atoms with van der Waals surface area (Å²) in [5.41, 5.74) is 2.71. The first-order valence-electron chi connectivity index (χ1n) is 4.93. The predicted octanol–water partition coefficient (Wildman–Crippen LogP) is 2.13. The molecular weight excluding hydrogens is 202 g/mol. The van der Waals surface area contributed by atoms with E-state index < -0.39 is 0 Å². The third kappa shape index (κ3) is 1.32. The maximum Gasteiger partial charge on any atom is 0.115 e. The monoisotopic (exact) mass is 211 g/mol. The van der Waals surface area contributed by atoms with Crippen LogP contribution in [-0.2, 0) is 0 Å². The number of hydrogen-bond donors (Lipinski definition) is 1. The topological polar surface area (TPSA) is 50.9 Å². The van der Waals surface area contributed by atoms with Crippen molar-refractivity contribution < 1.29 is 5.11 Å². The molecule has 2 aromatic heterocycles. The molecule has 0 saturated heterocycles. The molecule has 0 atom stereocenters. The van der Waals surface area contributed by atoms with Crippen molar-refractivity contribution in [2.24, 2.45) is 0 Å². The van der Waals surface area contributed by atoms with E-state index in [1.807, 2.05) is 24.3 Å². The molecular formula is C12H9N3O. The number of rotatable bonds is 1. The van der Waals surface area contributed by atoms with Gasteiger partial charge in [0.15, 0.2) is 0 Å². The molecule has 0 aliphatic carbocycles. The Kier molecular flexibility index (Phi) is 1.86. The number of hydrogen-bond acceptors (Lipinski definition) is 3. The molecule has 0 bridgehead atoms. The van der Waals surface area contributed by atoms with Gasteiger partial charge in [-0.15, -0.1) is 0 Å². The van der Waals surface area contributed by atoms with Crippen LogP contribution in [0.1, 0.15) is 0 Å². The number of benzene rings is 1. The molecule has 1 N–H and O–H groups in total. The number of phenols is 1. The van der Waals surface area contributed by atoms with Crippen LogP contribution in [0.5, 0.6) is 5.75 Å². The molecule has 3 aromatic rings. The fraction of sp³-hybridized carbons (Fsp3) is 0. The molecule has 78 valence electrons. The van der Waals surface area contributed by atoms with Gasteiger partial charge in [-0.05, 0) is 36.4 Å². The maximum absolute atomic E-state index is 9.23. The second kappa shape index (κ2) is 3.34. The van der Waals surface area contributed by atoms with Crippen LogP contribution < -0.4 is 0 Å². The molecule has 0 unspecified atom stereocenters. The van der Waals surface area contributed by atoms with Crippen LogP contribution in [0.4, 0.5) is 0 Å². The minimum atomic E-state index is 0.248. The molecule has 16 heavy (non-hydrogen) atoms. The van der Waals surface area contributed by atoms with Crippen molar-refractivity contribution in [2.45, 2.75) is 0 Å². The van der Waals surface area contributed by atoms with Crippen LogP contribution in [-0.4, -0.2) is 19.9 Å². The molecule has 0 fully saturated rings. The van der Waals surface area contributed by atoms with E-state index >= 15 is 0 Å². The summed E-state index contributed by atoms with van der Waals surface area (Å²) in [7, 11) is 0. The summed E-state index contributed by atoms with van der Waals surface area (Å²) >= 11 is 0. The second-order valence-electron chi connectivity index (χ2n) is 3.48. The van der Waals surface area contributed by atoms with Gasteiger partial charge in [-0.3, -0.25) is 4.98 Å². The first-order chi connectivity index (χ1) is 7.84. The molecule has 0 saturated carbocycles. The van der Waals surface area contributed by atoms with Crippen molar-refractivity contribution >= 4 is 11.0 Å². The maximum atomic E-state index is 9.23. The van der Waals surface area contributed by atoms with E-state index in [0.29, 0.717) is 0 Å². The van der Waals surface area contributed by atoms with Crippen molar-refractivity contribution in [3.63, 3.8) is 0 Å². The predicted molar refractivity (Wildman–Crippen MR) is 60.5 cm³/mol. The van der Waals surface area contributed by atoms with E-state index in [-0.39, 0.29) is 5.75 Å². The van der Waals surface area contributed by atoms with Gasteiger partial charge in [-0.2, -0.15) is 5.10 Å². The van der Waals surface area contributed by atoms with E-state index in [4.69, 9.17) is 0 Å². The minimum Gasteiger partial charge on any atom is -0.508 e. The van der Waals surface area contributed by atoms with Crippen molar-refractivity contribution in [1.82, 2.24) is 14.8 Å². The molecule has 0 radical (unpaired) electrons. The summed E-state index contributed by atoms with van der Waals surface area (Å²) in [6.45, 7) is 0. The van der Waals surface area contributed by atoms with Gasteiger partial charge < -0.3 is 5.11 Å². The van der Waals surface area contributed by atoms with E-state index in [9.17, 15) is 5.11 Å². The molecule has 0 aliphatic rings. The summed E-state index contributed by atoms with van der Waals surface area (Å²) in [6, 6.07) is 10.7. The number of nitrogens with zero attached hydrogens (tertiary/aromatic N) is 3. The van der Waals surface area contributed by atoms with Crippen molar-refractivity contribution in [3.05, 3.63) is 48.8 Å². The lowest BCUT2D eigenvalue weighted by Gasteiger charge is -2.02. The van der Waals surface area contributed by atoms with Gasteiger partial charge in [0, 0.05) is 6.20 Å². The Hall–Kier alpha value is -2.36. The lowest BCUT2D eigenvalue weighted by atomic mass is 10.3. The number of aromatic nitrogens is 3. The zero-order valence-corrected chi connectivity index (χ0v) is 8.41. The third-order valence-corrected chi connectivity index (χ3v) is 2.43. The van der Waals surface area contributed by atoms with Gasteiger partial charge >= 0.3 is 0 Å². The fourth-order valence-corrected chi connectivity index (χ4v) is 1.66.